The zero-order chi connectivity index (χ0) is 18.1. The molecule has 130 valence electrons. The van der Waals surface area contributed by atoms with Crippen LogP contribution in [0.3, 0.4) is 0 Å². The topological polar surface area (TPSA) is 98.2 Å². The molecule has 0 atom stereocenters. The average molecular weight is 367 g/mol. The zero-order valence-electron chi connectivity index (χ0n) is 13.5. The fraction of sp³-hybridized carbons (Fsp3) is 0.111. The first-order chi connectivity index (χ1) is 12.6. The standard InChI is InChI=1S/C18H13N3O4S/c22-14(23)5-8-21-16(11-3-6-19-7-4-11)20-17-15(18(21)24)12(10-26-17)13-2-1-9-25-13/h1-4,6-7,9-10H,5,8H2,(H,22,23). The molecular weight excluding hydrogens is 354 g/mol. The van der Waals surface area contributed by atoms with Crippen molar-refractivity contribution in [3.8, 4) is 22.7 Å². The molecule has 0 bridgehead atoms. The van der Waals surface area contributed by atoms with Crippen LogP contribution < -0.4 is 5.56 Å². The van der Waals surface area contributed by atoms with Crippen LogP contribution in [0.1, 0.15) is 6.42 Å². The Labute approximate surface area is 151 Å². The second kappa shape index (κ2) is 6.57. The van der Waals surface area contributed by atoms with E-state index in [1.54, 1.807) is 42.9 Å². The van der Waals surface area contributed by atoms with Crippen molar-refractivity contribution in [1.82, 2.24) is 14.5 Å². The van der Waals surface area contributed by atoms with Gasteiger partial charge in [0.1, 0.15) is 16.4 Å². The molecule has 0 unspecified atom stereocenters. The predicted octanol–water partition coefficient (Wildman–Crippen LogP) is 3.25. The van der Waals surface area contributed by atoms with Gasteiger partial charge in [-0.05, 0) is 24.3 Å². The Bertz CT molecular complexity index is 1130. The molecule has 8 heteroatoms. The highest BCUT2D eigenvalue weighted by molar-refractivity contribution is 7.17. The van der Waals surface area contributed by atoms with E-state index in [4.69, 9.17) is 9.52 Å². The smallest absolute Gasteiger partial charge is 0.305 e. The number of aliphatic carboxylic acids is 1. The third kappa shape index (κ3) is 2.80. The van der Waals surface area contributed by atoms with Crippen molar-refractivity contribution in [2.45, 2.75) is 13.0 Å². The van der Waals surface area contributed by atoms with Crippen LogP contribution in [0.4, 0.5) is 0 Å². The Morgan fingerprint density at radius 2 is 2.08 bits per heavy atom. The van der Waals surface area contributed by atoms with Gasteiger partial charge in [0, 0.05) is 35.4 Å². The Hall–Kier alpha value is -3.26. The van der Waals surface area contributed by atoms with Gasteiger partial charge >= 0.3 is 5.97 Å². The van der Waals surface area contributed by atoms with Gasteiger partial charge in [0.05, 0.1) is 18.1 Å². The number of carboxylic acid groups (broad SMARTS) is 1. The van der Waals surface area contributed by atoms with Crippen LogP contribution in [0.2, 0.25) is 0 Å². The minimum Gasteiger partial charge on any atom is -0.481 e. The van der Waals surface area contributed by atoms with E-state index >= 15 is 0 Å². The minimum absolute atomic E-state index is 0.0300. The molecule has 0 saturated carbocycles. The molecule has 0 radical (unpaired) electrons. The zero-order valence-corrected chi connectivity index (χ0v) is 14.3. The van der Waals surface area contributed by atoms with Gasteiger partial charge in [-0.25, -0.2) is 4.98 Å². The lowest BCUT2D eigenvalue weighted by Gasteiger charge is -2.11. The van der Waals surface area contributed by atoms with E-state index in [1.807, 2.05) is 5.38 Å². The van der Waals surface area contributed by atoms with Gasteiger partial charge in [0.25, 0.3) is 5.56 Å². The number of carboxylic acids is 1. The molecule has 0 saturated heterocycles. The van der Waals surface area contributed by atoms with Crippen molar-refractivity contribution < 1.29 is 14.3 Å². The molecule has 0 aromatic carbocycles. The monoisotopic (exact) mass is 367 g/mol. The molecule has 0 amide bonds. The summed E-state index contributed by atoms with van der Waals surface area (Å²) >= 11 is 1.35. The second-order valence-electron chi connectivity index (χ2n) is 5.58. The molecule has 4 aromatic rings. The van der Waals surface area contributed by atoms with Crippen LogP contribution in [-0.4, -0.2) is 25.6 Å². The van der Waals surface area contributed by atoms with Crippen LogP contribution >= 0.6 is 11.3 Å². The van der Waals surface area contributed by atoms with Crippen LogP contribution in [0.5, 0.6) is 0 Å². The molecule has 0 fully saturated rings. The number of rotatable bonds is 5. The van der Waals surface area contributed by atoms with Crippen LogP contribution in [0.15, 0.2) is 57.5 Å². The van der Waals surface area contributed by atoms with Gasteiger partial charge in [0.2, 0.25) is 0 Å². The Kier molecular flexibility index (Phi) is 4.10. The molecule has 0 spiro atoms. The molecule has 0 aliphatic rings. The summed E-state index contributed by atoms with van der Waals surface area (Å²) in [6.45, 7) is 0.0300. The maximum Gasteiger partial charge on any atom is 0.305 e. The summed E-state index contributed by atoms with van der Waals surface area (Å²) in [4.78, 5) is 33.4. The first-order valence-corrected chi connectivity index (χ1v) is 8.71. The number of hydrogen-bond donors (Lipinski definition) is 1. The fourth-order valence-corrected chi connectivity index (χ4v) is 3.69. The lowest BCUT2D eigenvalue weighted by atomic mass is 10.2. The molecule has 4 rings (SSSR count). The van der Waals surface area contributed by atoms with Crippen molar-refractivity contribution in [3.63, 3.8) is 0 Å². The summed E-state index contributed by atoms with van der Waals surface area (Å²) in [5, 5.41) is 11.3. The lowest BCUT2D eigenvalue weighted by Crippen LogP contribution is -2.24. The normalized spacial score (nSPS) is 11.1. The highest BCUT2D eigenvalue weighted by Crippen LogP contribution is 2.32. The van der Waals surface area contributed by atoms with Gasteiger partial charge in [-0.3, -0.25) is 19.1 Å². The van der Waals surface area contributed by atoms with Crippen molar-refractivity contribution >= 4 is 27.5 Å². The Morgan fingerprint density at radius 3 is 2.77 bits per heavy atom. The SMILES string of the molecule is O=C(O)CCn1c(-c2ccncc2)nc2scc(-c3ccco3)c2c1=O. The fourth-order valence-electron chi connectivity index (χ4n) is 2.77. The van der Waals surface area contributed by atoms with E-state index in [9.17, 15) is 9.59 Å². The summed E-state index contributed by atoms with van der Waals surface area (Å²) in [6.07, 6.45) is 4.58. The summed E-state index contributed by atoms with van der Waals surface area (Å²) in [5.41, 5.74) is 1.09. The third-order valence-corrected chi connectivity index (χ3v) is 4.84. The van der Waals surface area contributed by atoms with Crippen LogP contribution in [-0.2, 0) is 11.3 Å². The van der Waals surface area contributed by atoms with Gasteiger partial charge in [-0.15, -0.1) is 11.3 Å². The summed E-state index contributed by atoms with van der Waals surface area (Å²) < 4.78 is 6.83. The molecule has 7 nitrogen and oxygen atoms in total. The van der Waals surface area contributed by atoms with Gasteiger partial charge < -0.3 is 9.52 Å². The number of hydrogen-bond acceptors (Lipinski definition) is 6. The molecular formula is C18H13N3O4S. The third-order valence-electron chi connectivity index (χ3n) is 3.97. The van der Waals surface area contributed by atoms with Crippen molar-refractivity contribution in [2.75, 3.05) is 0 Å². The minimum atomic E-state index is -0.978. The molecule has 26 heavy (non-hydrogen) atoms. The molecule has 0 aliphatic carbocycles. The number of furan rings is 1. The van der Waals surface area contributed by atoms with E-state index in [1.165, 1.54) is 15.9 Å². The molecule has 1 N–H and O–H groups in total. The lowest BCUT2D eigenvalue weighted by molar-refractivity contribution is -0.137. The Morgan fingerprint density at radius 1 is 1.27 bits per heavy atom. The highest BCUT2D eigenvalue weighted by atomic mass is 32.1. The highest BCUT2D eigenvalue weighted by Gasteiger charge is 2.19. The van der Waals surface area contributed by atoms with Crippen LogP contribution in [0, 0.1) is 0 Å². The first-order valence-electron chi connectivity index (χ1n) is 7.83. The molecule has 4 heterocycles. The van der Waals surface area contributed by atoms with E-state index < -0.39 is 5.97 Å². The summed E-state index contributed by atoms with van der Waals surface area (Å²) in [5.74, 6) is 0.0323. The van der Waals surface area contributed by atoms with Gasteiger partial charge in [0.15, 0.2) is 0 Å². The van der Waals surface area contributed by atoms with Crippen LogP contribution in [0.25, 0.3) is 32.9 Å². The van der Waals surface area contributed by atoms with Gasteiger partial charge in [-0.1, -0.05) is 0 Å². The quantitative estimate of drug-likeness (QED) is 0.581. The maximum atomic E-state index is 13.2. The second-order valence-corrected chi connectivity index (χ2v) is 6.44. The first kappa shape index (κ1) is 16.2. The van der Waals surface area contributed by atoms with E-state index in [0.29, 0.717) is 32.9 Å². The van der Waals surface area contributed by atoms with Gasteiger partial charge in [-0.2, -0.15) is 0 Å². The number of pyridine rings is 1. The Balaban J connectivity index is 1.98. The largest absolute Gasteiger partial charge is 0.481 e. The predicted molar refractivity (Wildman–Crippen MR) is 97.1 cm³/mol. The average Bonchev–Trinajstić information content (AvgIpc) is 3.30. The number of aromatic nitrogens is 3. The van der Waals surface area contributed by atoms with E-state index in [-0.39, 0.29) is 18.5 Å². The number of carbonyl (C=O) groups is 1. The molecule has 0 aliphatic heterocycles. The number of fused-ring (bicyclic) bond motifs is 1. The molecule has 4 aromatic heterocycles. The van der Waals surface area contributed by atoms with Crippen molar-refractivity contribution in [1.29, 1.82) is 0 Å². The van der Waals surface area contributed by atoms with E-state index in [0.717, 1.165) is 0 Å². The van der Waals surface area contributed by atoms with Crippen molar-refractivity contribution in [2.24, 2.45) is 0 Å². The summed E-state index contributed by atoms with van der Waals surface area (Å²) in [7, 11) is 0. The summed E-state index contributed by atoms with van der Waals surface area (Å²) in [6, 6.07) is 7.01. The maximum absolute atomic E-state index is 13.2. The number of thiophene rings is 1. The number of nitrogens with zero attached hydrogens (tertiary/aromatic N) is 3. The van der Waals surface area contributed by atoms with E-state index in [2.05, 4.69) is 9.97 Å². The van der Waals surface area contributed by atoms with Crippen molar-refractivity contribution in [3.05, 3.63) is 58.7 Å².